The first-order chi connectivity index (χ1) is 14.3. The predicted molar refractivity (Wildman–Crippen MR) is 107 cm³/mol. The van der Waals surface area contributed by atoms with Gasteiger partial charge in [-0.1, -0.05) is 19.3 Å². The molecule has 10 nitrogen and oxygen atoms in total. The fourth-order valence-electron chi connectivity index (χ4n) is 4.03. The Balaban J connectivity index is 1.69. The minimum absolute atomic E-state index is 0.225. The molecule has 1 heterocycles. The van der Waals surface area contributed by atoms with Gasteiger partial charge in [-0.05, 0) is 25.0 Å². The first kappa shape index (κ1) is 21.4. The van der Waals surface area contributed by atoms with Crippen molar-refractivity contribution in [3.05, 3.63) is 18.2 Å². The van der Waals surface area contributed by atoms with Crippen molar-refractivity contribution in [3.8, 4) is 11.5 Å². The van der Waals surface area contributed by atoms with Gasteiger partial charge in [0.05, 0.1) is 7.11 Å². The average molecular weight is 418 g/mol. The van der Waals surface area contributed by atoms with Crippen LogP contribution in [0.5, 0.6) is 11.5 Å². The minimum atomic E-state index is -0.828. The molecular formula is C20H26N4O6. The zero-order valence-corrected chi connectivity index (χ0v) is 17.1. The number of imide groups is 1. The standard InChI is InChI=1S/C20H26N4O6/c1-23-19(28)24(18(27)20(23)8-4-3-5-9-20)11-17(26)22-13-6-7-14(29-2)15(10-13)30-12-16(21)25/h6-7,10H,3-5,8-9,11-12H2,1-2H3,(H2,21,25)(H,22,26). The second kappa shape index (κ2) is 8.60. The number of nitrogens with two attached hydrogens (primary N) is 1. The summed E-state index contributed by atoms with van der Waals surface area (Å²) < 4.78 is 10.4. The monoisotopic (exact) mass is 418 g/mol. The Morgan fingerprint density at radius 2 is 1.87 bits per heavy atom. The normalized spacial score (nSPS) is 17.9. The van der Waals surface area contributed by atoms with Crippen molar-refractivity contribution in [2.45, 2.75) is 37.6 Å². The largest absolute Gasteiger partial charge is 0.493 e. The van der Waals surface area contributed by atoms with E-state index in [0.717, 1.165) is 24.2 Å². The summed E-state index contributed by atoms with van der Waals surface area (Å²) in [6, 6.07) is 4.15. The Morgan fingerprint density at radius 1 is 1.17 bits per heavy atom. The number of carbonyl (C=O) groups is 4. The van der Waals surface area contributed by atoms with E-state index < -0.39 is 23.4 Å². The molecule has 0 bridgehead atoms. The van der Waals surface area contributed by atoms with E-state index in [1.165, 1.54) is 18.1 Å². The number of hydrogen-bond acceptors (Lipinski definition) is 6. The maximum Gasteiger partial charge on any atom is 0.327 e. The lowest BCUT2D eigenvalue weighted by molar-refractivity contribution is -0.136. The molecule has 0 radical (unpaired) electrons. The van der Waals surface area contributed by atoms with E-state index in [4.69, 9.17) is 15.2 Å². The third-order valence-corrected chi connectivity index (χ3v) is 5.60. The van der Waals surface area contributed by atoms with Crippen molar-refractivity contribution < 1.29 is 28.7 Å². The molecule has 3 N–H and O–H groups in total. The van der Waals surface area contributed by atoms with Gasteiger partial charge in [-0.15, -0.1) is 0 Å². The molecule has 1 spiro atoms. The number of ether oxygens (including phenoxy) is 2. The first-order valence-corrected chi connectivity index (χ1v) is 9.77. The number of methoxy groups -OCH3 is 1. The SMILES string of the molecule is COc1ccc(NC(=O)CN2C(=O)N(C)C3(CCCCC3)C2=O)cc1OCC(N)=O. The summed E-state index contributed by atoms with van der Waals surface area (Å²) in [5.74, 6) is -0.907. The van der Waals surface area contributed by atoms with Crippen molar-refractivity contribution in [3.63, 3.8) is 0 Å². The number of anilines is 1. The van der Waals surface area contributed by atoms with Gasteiger partial charge >= 0.3 is 6.03 Å². The Morgan fingerprint density at radius 3 is 2.50 bits per heavy atom. The van der Waals surface area contributed by atoms with Crippen LogP contribution in [-0.4, -0.2) is 66.4 Å². The molecule has 1 saturated carbocycles. The van der Waals surface area contributed by atoms with Crippen LogP contribution in [-0.2, 0) is 14.4 Å². The highest BCUT2D eigenvalue weighted by molar-refractivity contribution is 6.10. The van der Waals surface area contributed by atoms with Crippen molar-refractivity contribution in [1.82, 2.24) is 9.80 Å². The van der Waals surface area contributed by atoms with Crippen LogP contribution in [0.4, 0.5) is 10.5 Å². The number of urea groups is 1. The Kier molecular flexibility index (Phi) is 6.14. The van der Waals surface area contributed by atoms with Gasteiger partial charge in [-0.2, -0.15) is 0 Å². The summed E-state index contributed by atoms with van der Waals surface area (Å²) in [5.41, 5.74) is 4.62. The van der Waals surface area contributed by atoms with E-state index in [-0.39, 0.29) is 24.8 Å². The van der Waals surface area contributed by atoms with Gasteiger partial charge in [0.1, 0.15) is 12.1 Å². The highest BCUT2D eigenvalue weighted by Crippen LogP contribution is 2.39. The topological polar surface area (TPSA) is 131 Å². The summed E-state index contributed by atoms with van der Waals surface area (Å²) >= 11 is 0. The predicted octanol–water partition coefficient (Wildman–Crippen LogP) is 1.09. The third-order valence-electron chi connectivity index (χ3n) is 5.60. The molecule has 1 aliphatic heterocycles. The van der Waals surface area contributed by atoms with Crippen molar-refractivity contribution in [2.75, 3.05) is 32.6 Å². The Labute approximate surface area is 174 Å². The fourth-order valence-corrected chi connectivity index (χ4v) is 4.03. The smallest absolute Gasteiger partial charge is 0.327 e. The lowest BCUT2D eigenvalue weighted by Gasteiger charge is -2.35. The first-order valence-electron chi connectivity index (χ1n) is 9.77. The molecule has 1 aromatic carbocycles. The van der Waals surface area contributed by atoms with Gasteiger partial charge in [-0.25, -0.2) is 4.79 Å². The molecule has 0 aromatic heterocycles. The second-order valence-corrected chi connectivity index (χ2v) is 7.49. The van der Waals surface area contributed by atoms with Crippen LogP contribution in [0.3, 0.4) is 0 Å². The molecule has 1 aromatic rings. The summed E-state index contributed by atoms with van der Waals surface area (Å²) in [7, 11) is 3.06. The van der Waals surface area contributed by atoms with Gasteiger partial charge in [-0.3, -0.25) is 19.3 Å². The zero-order chi connectivity index (χ0) is 21.9. The van der Waals surface area contributed by atoms with Crippen LogP contribution in [0.25, 0.3) is 0 Å². The summed E-state index contributed by atoms with van der Waals surface area (Å²) in [6.45, 7) is -0.730. The molecule has 2 aliphatic rings. The number of primary amides is 1. The number of hydrogen-bond donors (Lipinski definition) is 2. The molecule has 0 unspecified atom stereocenters. The van der Waals surface area contributed by atoms with Crippen LogP contribution in [0.2, 0.25) is 0 Å². The molecule has 2 fully saturated rings. The molecule has 1 saturated heterocycles. The minimum Gasteiger partial charge on any atom is -0.493 e. The molecule has 162 valence electrons. The number of likely N-dealkylation sites (N-methyl/N-ethyl adjacent to an activating group) is 1. The van der Waals surface area contributed by atoms with Crippen LogP contribution < -0.4 is 20.5 Å². The molecule has 0 atom stereocenters. The number of carbonyl (C=O) groups excluding carboxylic acids is 4. The van der Waals surface area contributed by atoms with Crippen LogP contribution in [0, 0.1) is 0 Å². The highest BCUT2D eigenvalue weighted by Gasteiger charge is 2.55. The lowest BCUT2D eigenvalue weighted by atomic mass is 9.81. The highest BCUT2D eigenvalue weighted by atomic mass is 16.5. The van der Waals surface area contributed by atoms with E-state index in [1.54, 1.807) is 19.2 Å². The van der Waals surface area contributed by atoms with Crippen LogP contribution in [0.15, 0.2) is 18.2 Å². The van der Waals surface area contributed by atoms with E-state index in [9.17, 15) is 19.2 Å². The number of rotatable bonds is 7. The number of nitrogens with one attached hydrogen (secondary N) is 1. The van der Waals surface area contributed by atoms with Gasteiger partial charge in [0.15, 0.2) is 18.1 Å². The van der Waals surface area contributed by atoms with E-state index in [1.807, 2.05) is 0 Å². The van der Waals surface area contributed by atoms with Crippen LogP contribution >= 0.6 is 0 Å². The summed E-state index contributed by atoms with van der Waals surface area (Å²) in [5, 5.41) is 2.64. The molecule has 10 heteroatoms. The van der Waals surface area contributed by atoms with Gasteiger partial charge in [0.25, 0.3) is 11.8 Å². The van der Waals surface area contributed by atoms with Gasteiger partial charge in [0.2, 0.25) is 5.91 Å². The van der Waals surface area contributed by atoms with E-state index in [2.05, 4.69) is 5.32 Å². The van der Waals surface area contributed by atoms with E-state index >= 15 is 0 Å². The Bertz CT molecular complexity index is 865. The molecular weight excluding hydrogens is 392 g/mol. The number of nitrogens with zero attached hydrogens (tertiary/aromatic N) is 2. The van der Waals surface area contributed by atoms with Crippen molar-refractivity contribution in [1.29, 1.82) is 0 Å². The average Bonchev–Trinajstić information content (AvgIpc) is 2.89. The molecule has 30 heavy (non-hydrogen) atoms. The number of benzene rings is 1. The fraction of sp³-hybridized carbons (Fsp3) is 0.500. The number of amides is 5. The zero-order valence-electron chi connectivity index (χ0n) is 17.1. The lowest BCUT2D eigenvalue weighted by Crippen LogP contribution is -2.49. The summed E-state index contributed by atoms with van der Waals surface area (Å²) in [6.07, 6.45) is 4.03. The van der Waals surface area contributed by atoms with Gasteiger partial charge in [0, 0.05) is 18.8 Å². The molecule has 3 rings (SSSR count). The maximum atomic E-state index is 13.0. The molecule has 5 amide bonds. The quantitative estimate of drug-likeness (QED) is 0.638. The molecule has 1 aliphatic carbocycles. The van der Waals surface area contributed by atoms with Crippen molar-refractivity contribution in [2.24, 2.45) is 5.73 Å². The van der Waals surface area contributed by atoms with Crippen molar-refractivity contribution >= 4 is 29.4 Å². The van der Waals surface area contributed by atoms with Crippen LogP contribution in [0.1, 0.15) is 32.1 Å². The maximum absolute atomic E-state index is 13.0. The van der Waals surface area contributed by atoms with Gasteiger partial charge < -0.3 is 25.4 Å². The summed E-state index contributed by atoms with van der Waals surface area (Å²) in [4.78, 5) is 51.6. The van der Waals surface area contributed by atoms with E-state index in [0.29, 0.717) is 24.3 Å². The Hall–Kier alpha value is -3.30. The third kappa shape index (κ3) is 4.03. The second-order valence-electron chi connectivity index (χ2n) is 7.49.